The molecular weight excluding hydrogens is 256 g/mol. The second-order valence-electron chi connectivity index (χ2n) is 7.04. The second kappa shape index (κ2) is 9.29. The summed E-state index contributed by atoms with van der Waals surface area (Å²) in [6.07, 6.45) is 5.49. The van der Waals surface area contributed by atoms with Crippen molar-refractivity contribution < 1.29 is 8.85 Å². The number of rotatable bonds is 9. The highest BCUT2D eigenvalue weighted by molar-refractivity contribution is 6.27. The van der Waals surface area contributed by atoms with Crippen LogP contribution in [0.4, 0.5) is 0 Å². The minimum Gasteiger partial charge on any atom is -0.419 e. The molecule has 0 amide bonds. The van der Waals surface area contributed by atoms with Crippen LogP contribution in [0, 0.1) is 0 Å². The highest BCUT2D eigenvalue weighted by Crippen LogP contribution is 2.11. The van der Waals surface area contributed by atoms with Gasteiger partial charge in [0.15, 0.2) is 19.5 Å². The molecule has 0 aromatic rings. The van der Waals surface area contributed by atoms with Gasteiger partial charge in [0.05, 0.1) is 0 Å². The van der Waals surface area contributed by atoms with Gasteiger partial charge in [-0.2, -0.15) is 0 Å². The summed E-state index contributed by atoms with van der Waals surface area (Å²) in [5.41, 5.74) is 0.171. The highest BCUT2D eigenvalue weighted by atomic mass is 28.2. The molecular formula is C14H34O2Si2. The van der Waals surface area contributed by atoms with Crippen LogP contribution in [0.25, 0.3) is 0 Å². The molecule has 0 aliphatic carbocycles. The van der Waals surface area contributed by atoms with Crippen molar-refractivity contribution in [1.29, 1.82) is 0 Å². The third kappa shape index (κ3) is 16.4. The second-order valence-corrected chi connectivity index (χ2v) is 9.85. The molecule has 0 aliphatic rings. The maximum Gasteiger partial charge on any atom is 0.162 e. The van der Waals surface area contributed by atoms with E-state index in [4.69, 9.17) is 8.85 Å². The van der Waals surface area contributed by atoms with E-state index in [0.29, 0.717) is 0 Å². The van der Waals surface area contributed by atoms with Gasteiger partial charge in [-0.3, -0.25) is 0 Å². The lowest BCUT2D eigenvalue weighted by Crippen LogP contribution is -2.21. The summed E-state index contributed by atoms with van der Waals surface area (Å²) in [5, 5.41) is 0. The van der Waals surface area contributed by atoms with Gasteiger partial charge in [-0.15, -0.1) is 0 Å². The Morgan fingerprint density at radius 2 is 0.944 bits per heavy atom. The lowest BCUT2D eigenvalue weighted by atomic mass is 10.2. The lowest BCUT2D eigenvalue weighted by Gasteiger charge is -2.20. The Balaban J connectivity index is 3.13. The van der Waals surface area contributed by atoms with E-state index in [1.54, 1.807) is 0 Å². The number of unbranched alkanes of at least 4 members (excludes halogenated alkanes) is 3. The fourth-order valence-corrected chi connectivity index (χ4v) is 4.30. The normalized spacial score (nSPS) is 14.3. The molecule has 0 aromatic carbocycles. The van der Waals surface area contributed by atoms with Crippen molar-refractivity contribution >= 4 is 19.5 Å². The van der Waals surface area contributed by atoms with E-state index in [0.717, 1.165) is 0 Å². The first-order valence-corrected chi connectivity index (χ1v) is 10.6. The van der Waals surface area contributed by atoms with Gasteiger partial charge in [0.1, 0.15) is 0 Å². The molecule has 0 saturated heterocycles. The average Bonchev–Trinajstić information content (AvgIpc) is 2.17. The third-order valence-electron chi connectivity index (χ3n) is 2.61. The largest absolute Gasteiger partial charge is 0.419 e. The molecule has 0 aliphatic heterocycles. The van der Waals surface area contributed by atoms with Gasteiger partial charge in [0, 0.05) is 11.2 Å². The molecule has 110 valence electrons. The topological polar surface area (TPSA) is 18.5 Å². The van der Waals surface area contributed by atoms with Gasteiger partial charge in [0.25, 0.3) is 0 Å². The Labute approximate surface area is 119 Å². The Kier molecular flexibility index (Phi) is 9.47. The molecule has 0 heterocycles. The van der Waals surface area contributed by atoms with Crippen LogP contribution in [-0.2, 0) is 8.85 Å². The van der Waals surface area contributed by atoms with Crippen LogP contribution in [0.15, 0.2) is 0 Å². The molecule has 0 aromatic heterocycles. The van der Waals surface area contributed by atoms with Crippen molar-refractivity contribution in [3.63, 3.8) is 0 Å². The van der Waals surface area contributed by atoms with Crippen molar-refractivity contribution in [1.82, 2.24) is 0 Å². The smallest absolute Gasteiger partial charge is 0.162 e. The van der Waals surface area contributed by atoms with Crippen LogP contribution in [0.1, 0.15) is 67.2 Å². The molecule has 2 nitrogen and oxygen atoms in total. The van der Waals surface area contributed by atoms with Crippen LogP contribution >= 0.6 is 0 Å². The van der Waals surface area contributed by atoms with Crippen molar-refractivity contribution in [2.75, 3.05) is 0 Å². The van der Waals surface area contributed by atoms with Crippen molar-refractivity contribution in [2.45, 2.75) is 90.5 Å². The van der Waals surface area contributed by atoms with Crippen LogP contribution < -0.4 is 0 Å². The van der Waals surface area contributed by atoms with Crippen LogP contribution in [0.3, 0.4) is 0 Å². The molecule has 0 fully saturated rings. The van der Waals surface area contributed by atoms with E-state index >= 15 is 0 Å². The molecule has 0 rings (SSSR count). The van der Waals surface area contributed by atoms with Gasteiger partial charge in [-0.25, -0.2) is 0 Å². The van der Waals surface area contributed by atoms with Crippen molar-refractivity contribution in [3.05, 3.63) is 0 Å². The summed E-state index contributed by atoms with van der Waals surface area (Å²) < 4.78 is 11.7. The maximum atomic E-state index is 5.84. The first-order chi connectivity index (χ1) is 8.21. The summed E-state index contributed by atoms with van der Waals surface area (Å²) in [6, 6.07) is 2.68. The molecule has 0 saturated carbocycles. The van der Waals surface area contributed by atoms with Crippen LogP contribution in [0.5, 0.6) is 0 Å². The van der Waals surface area contributed by atoms with E-state index in [2.05, 4.69) is 41.5 Å². The molecule has 0 N–H and O–H groups in total. The molecule has 0 unspecified atom stereocenters. The van der Waals surface area contributed by atoms with Crippen molar-refractivity contribution in [2.24, 2.45) is 0 Å². The predicted molar refractivity (Wildman–Crippen MR) is 86.8 cm³/mol. The van der Waals surface area contributed by atoms with Gasteiger partial charge >= 0.3 is 0 Å². The molecule has 0 radical (unpaired) electrons. The quantitative estimate of drug-likeness (QED) is 0.480. The van der Waals surface area contributed by atoms with Gasteiger partial charge in [0.2, 0.25) is 0 Å². The fraction of sp³-hybridized carbons (Fsp3) is 1.00. The highest BCUT2D eigenvalue weighted by Gasteiger charge is 2.09. The molecule has 4 heteroatoms. The summed E-state index contributed by atoms with van der Waals surface area (Å²) in [4.78, 5) is 0. The van der Waals surface area contributed by atoms with Crippen LogP contribution in [0.2, 0.25) is 12.1 Å². The first kappa shape index (κ1) is 18.4. The standard InChI is InChI=1S/C14H34O2Si2/c1-13(2,3)15-17-11-9-7-8-10-12-18-16-14(4,5)6/h7-12,17-18H2,1-6H3. The van der Waals surface area contributed by atoms with E-state index < -0.39 is 0 Å². The third-order valence-corrected chi connectivity index (χ3v) is 6.33. The van der Waals surface area contributed by atoms with E-state index in [1.165, 1.54) is 37.8 Å². The first-order valence-electron chi connectivity index (χ1n) is 7.49. The summed E-state index contributed by atoms with van der Waals surface area (Å²) in [6.45, 7) is 12.9. The zero-order chi connectivity index (χ0) is 14.1. The van der Waals surface area contributed by atoms with Gasteiger partial charge in [-0.1, -0.05) is 25.7 Å². The molecule has 0 atom stereocenters. The van der Waals surface area contributed by atoms with E-state index in [1.807, 2.05) is 0 Å². The Morgan fingerprint density at radius 1 is 0.611 bits per heavy atom. The predicted octanol–water partition coefficient (Wildman–Crippen LogP) is 3.18. The SMILES string of the molecule is CC(C)(C)O[SiH2]CCCCCC[SiH2]OC(C)(C)C. The zero-order valence-electron chi connectivity index (χ0n) is 13.5. The molecule has 18 heavy (non-hydrogen) atoms. The summed E-state index contributed by atoms with van der Waals surface area (Å²) in [7, 11) is -0.543. The van der Waals surface area contributed by atoms with E-state index in [9.17, 15) is 0 Å². The maximum absolute atomic E-state index is 5.84. The lowest BCUT2D eigenvalue weighted by molar-refractivity contribution is 0.137. The number of hydrogen-bond acceptors (Lipinski definition) is 2. The Bertz CT molecular complexity index is 173. The monoisotopic (exact) mass is 290 g/mol. The van der Waals surface area contributed by atoms with E-state index in [-0.39, 0.29) is 30.7 Å². The Morgan fingerprint density at radius 3 is 1.22 bits per heavy atom. The zero-order valence-corrected chi connectivity index (χ0v) is 16.3. The molecule has 0 spiro atoms. The summed E-state index contributed by atoms with van der Waals surface area (Å²) in [5.74, 6) is 0. The van der Waals surface area contributed by atoms with Gasteiger partial charge < -0.3 is 8.85 Å². The minimum atomic E-state index is -0.271. The molecule has 0 bridgehead atoms. The fourth-order valence-electron chi connectivity index (χ4n) is 1.67. The minimum absolute atomic E-state index is 0.0854. The van der Waals surface area contributed by atoms with Gasteiger partial charge in [-0.05, 0) is 53.6 Å². The average molecular weight is 291 g/mol. The van der Waals surface area contributed by atoms with Crippen LogP contribution in [-0.4, -0.2) is 30.7 Å². The summed E-state index contributed by atoms with van der Waals surface area (Å²) >= 11 is 0. The Hall–Kier alpha value is 0.354. The number of hydrogen-bond donors (Lipinski definition) is 0. The van der Waals surface area contributed by atoms with Crippen molar-refractivity contribution in [3.8, 4) is 0 Å².